The molecule has 2 aromatic heterocycles. The summed E-state index contributed by atoms with van der Waals surface area (Å²) in [6, 6.07) is 19.7. The molecule has 0 fully saturated rings. The summed E-state index contributed by atoms with van der Waals surface area (Å²) < 4.78 is 6.43. The monoisotopic (exact) mass is 547 g/mol. The van der Waals surface area contributed by atoms with E-state index in [4.69, 9.17) is 9.41 Å². The third kappa shape index (κ3) is 5.48. The third-order valence-electron chi connectivity index (χ3n) is 8.43. The Labute approximate surface area is 239 Å². The molecule has 1 aliphatic heterocycles. The number of furan rings is 1. The van der Waals surface area contributed by atoms with E-state index in [1.807, 2.05) is 19.1 Å². The molecule has 4 aromatic rings. The Balaban J connectivity index is 1.67. The summed E-state index contributed by atoms with van der Waals surface area (Å²) in [5, 5.41) is 3.57. The van der Waals surface area contributed by atoms with E-state index in [1.54, 1.807) is 0 Å². The molecule has 0 radical (unpaired) electrons. The zero-order chi connectivity index (χ0) is 28.6. The van der Waals surface area contributed by atoms with Crippen molar-refractivity contribution >= 4 is 35.9 Å². The lowest BCUT2D eigenvalue weighted by molar-refractivity contribution is 0.269. The van der Waals surface area contributed by atoms with Crippen molar-refractivity contribution in [1.29, 1.82) is 0 Å². The predicted molar refractivity (Wildman–Crippen MR) is 173 cm³/mol. The molecule has 40 heavy (non-hydrogen) atoms. The normalized spacial score (nSPS) is 18.9. The number of hydrogen-bond donors (Lipinski definition) is 0. The number of allylic oxidation sites excluding steroid dienone is 2. The molecule has 0 saturated heterocycles. The maximum absolute atomic E-state index is 6.43. The Morgan fingerprint density at radius 1 is 1.05 bits per heavy atom. The van der Waals surface area contributed by atoms with Crippen molar-refractivity contribution in [2.24, 2.45) is 4.99 Å². The smallest absolute Gasteiger partial charge is 0.227 e. The van der Waals surface area contributed by atoms with Gasteiger partial charge in [0.1, 0.15) is 5.58 Å². The second-order valence-electron chi connectivity index (χ2n) is 12.2. The Bertz CT molecular complexity index is 1640. The zero-order valence-electron chi connectivity index (χ0n) is 24.8. The van der Waals surface area contributed by atoms with Crippen molar-refractivity contribution in [2.45, 2.75) is 64.7 Å². The first kappa shape index (κ1) is 27.8. The zero-order valence-corrected chi connectivity index (χ0v) is 25.8. The molecule has 1 aliphatic rings. The van der Waals surface area contributed by atoms with Gasteiger partial charge in [-0.2, -0.15) is 0 Å². The van der Waals surface area contributed by atoms with Crippen molar-refractivity contribution in [3.8, 4) is 0 Å². The standard InChI is InChI=1S/C35H41N3OSi/c1-9-31-33-27(17-20-29-30-18-15-23(2)37-35(30)39-34(29)33)16-19-28(26-13-11-10-12-14-26)32(21-24(3)36-31)38(5)22-25(4)40(6,7)8/h9-15,17-18,20,22,28,32H,1,3,16,19,21H2,2,4-8H3/b25-22+,36-31?. The lowest BCUT2D eigenvalue weighted by Gasteiger charge is -2.36. The first-order valence-electron chi connectivity index (χ1n) is 14.2. The van der Waals surface area contributed by atoms with Crippen LogP contribution in [0.1, 0.15) is 48.1 Å². The van der Waals surface area contributed by atoms with Gasteiger partial charge in [0.25, 0.3) is 0 Å². The van der Waals surface area contributed by atoms with E-state index in [9.17, 15) is 0 Å². The van der Waals surface area contributed by atoms with Crippen LogP contribution in [0.2, 0.25) is 19.6 Å². The number of aromatic nitrogens is 1. The SMILES string of the molecule is C=CC1=NC(=C)CC(N(C)/C=C(\C)[Si](C)(C)C)C(c2ccccc2)CCc2ccc3c(oc4nc(C)ccc43)c21. The minimum atomic E-state index is -1.41. The molecule has 3 heterocycles. The van der Waals surface area contributed by atoms with Crippen LogP contribution >= 0.6 is 0 Å². The van der Waals surface area contributed by atoms with E-state index in [-0.39, 0.29) is 6.04 Å². The number of pyridine rings is 1. The van der Waals surface area contributed by atoms with Gasteiger partial charge < -0.3 is 9.32 Å². The minimum Gasteiger partial charge on any atom is -0.437 e. The van der Waals surface area contributed by atoms with Gasteiger partial charge in [-0.15, -0.1) is 0 Å². The summed E-state index contributed by atoms with van der Waals surface area (Å²) in [4.78, 5) is 12.2. The van der Waals surface area contributed by atoms with Gasteiger partial charge in [-0.05, 0) is 62.2 Å². The van der Waals surface area contributed by atoms with Crippen LogP contribution in [0.15, 0.2) is 100 Å². The van der Waals surface area contributed by atoms with Gasteiger partial charge >= 0.3 is 0 Å². The molecule has 5 rings (SSSR count). The highest BCUT2D eigenvalue weighted by Crippen LogP contribution is 2.38. The quantitative estimate of drug-likeness (QED) is 0.234. The lowest BCUT2D eigenvalue weighted by Crippen LogP contribution is -2.36. The van der Waals surface area contributed by atoms with Crippen LogP contribution in [0.4, 0.5) is 0 Å². The van der Waals surface area contributed by atoms with Crippen LogP contribution in [0.3, 0.4) is 0 Å². The number of aliphatic imine (C=N–C) groups is 1. The van der Waals surface area contributed by atoms with Gasteiger partial charge in [-0.1, -0.05) is 80.5 Å². The fourth-order valence-electron chi connectivity index (χ4n) is 5.76. The highest BCUT2D eigenvalue weighted by atomic mass is 28.3. The Kier molecular flexibility index (Phi) is 7.69. The van der Waals surface area contributed by atoms with Crippen LogP contribution in [-0.4, -0.2) is 36.8 Å². The second kappa shape index (κ2) is 11.1. The first-order valence-corrected chi connectivity index (χ1v) is 17.7. The molecule has 0 bridgehead atoms. The fourth-order valence-corrected chi connectivity index (χ4v) is 6.35. The molecular weight excluding hydrogens is 506 g/mol. The summed E-state index contributed by atoms with van der Waals surface area (Å²) in [5.41, 5.74) is 7.67. The average molecular weight is 548 g/mol. The van der Waals surface area contributed by atoms with Gasteiger partial charge in [0.05, 0.1) is 13.8 Å². The molecule has 0 aliphatic carbocycles. The number of fused-ring (bicyclic) bond motifs is 5. The van der Waals surface area contributed by atoms with Gasteiger partial charge in [0.2, 0.25) is 5.71 Å². The van der Waals surface area contributed by atoms with Crippen molar-refractivity contribution < 1.29 is 4.42 Å². The maximum Gasteiger partial charge on any atom is 0.227 e. The van der Waals surface area contributed by atoms with Crippen LogP contribution in [0.25, 0.3) is 22.1 Å². The molecule has 2 unspecified atom stereocenters. The number of rotatable bonds is 5. The topological polar surface area (TPSA) is 41.6 Å². The molecule has 2 atom stereocenters. The molecular formula is C35H41N3OSi. The number of nitrogens with zero attached hydrogens (tertiary/aromatic N) is 3. The largest absolute Gasteiger partial charge is 0.437 e. The molecule has 0 N–H and O–H groups in total. The van der Waals surface area contributed by atoms with Crippen molar-refractivity contribution in [3.63, 3.8) is 0 Å². The molecule has 0 saturated carbocycles. The summed E-state index contributed by atoms with van der Waals surface area (Å²) >= 11 is 0. The van der Waals surface area contributed by atoms with Crippen molar-refractivity contribution in [2.75, 3.05) is 7.05 Å². The van der Waals surface area contributed by atoms with Gasteiger partial charge in [0.15, 0.2) is 0 Å². The van der Waals surface area contributed by atoms with E-state index in [2.05, 4.69) is 111 Å². The summed E-state index contributed by atoms with van der Waals surface area (Å²) in [6.45, 7) is 20.1. The number of likely N-dealkylation sites (N-methyl/N-ethyl adjacent to an activating group) is 1. The number of hydrogen-bond acceptors (Lipinski definition) is 4. The Morgan fingerprint density at radius 3 is 2.48 bits per heavy atom. The average Bonchev–Trinajstić information content (AvgIpc) is 3.28. The predicted octanol–water partition coefficient (Wildman–Crippen LogP) is 8.98. The summed E-state index contributed by atoms with van der Waals surface area (Å²) in [5.74, 6) is 0.303. The highest BCUT2D eigenvalue weighted by Gasteiger charge is 2.30. The molecule has 206 valence electrons. The van der Waals surface area contributed by atoms with Crippen LogP contribution in [0.5, 0.6) is 0 Å². The molecule has 2 aromatic carbocycles. The number of benzene rings is 2. The van der Waals surface area contributed by atoms with E-state index in [1.165, 1.54) is 16.3 Å². The van der Waals surface area contributed by atoms with Crippen molar-refractivity contribution in [1.82, 2.24) is 9.88 Å². The first-order chi connectivity index (χ1) is 19.1. The highest BCUT2D eigenvalue weighted by molar-refractivity contribution is 6.82. The van der Waals surface area contributed by atoms with Gasteiger partial charge in [-0.25, -0.2) is 4.98 Å². The Hall–Kier alpha value is -3.70. The molecule has 0 amide bonds. The Morgan fingerprint density at radius 2 is 1.77 bits per heavy atom. The second-order valence-corrected chi connectivity index (χ2v) is 17.5. The van der Waals surface area contributed by atoms with Crippen LogP contribution < -0.4 is 0 Å². The van der Waals surface area contributed by atoms with Gasteiger partial charge in [-0.3, -0.25) is 4.99 Å². The van der Waals surface area contributed by atoms with E-state index >= 15 is 0 Å². The van der Waals surface area contributed by atoms with Crippen LogP contribution in [0, 0.1) is 6.92 Å². The molecule has 5 heteroatoms. The third-order valence-corrected chi connectivity index (χ3v) is 10.9. The minimum absolute atomic E-state index is 0.222. The molecule has 0 spiro atoms. The van der Waals surface area contributed by atoms with E-state index in [0.29, 0.717) is 11.6 Å². The van der Waals surface area contributed by atoms with Crippen LogP contribution in [-0.2, 0) is 6.42 Å². The lowest BCUT2D eigenvalue weighted by atomic mass is 9.82. The fraction of sp³-hybridized carbons (Fsp3) is 0.314. The summed E-state index contributed by atoms with van der Waals surface area (Å²) in [6.07, 6.45) is 6.88. The van der Waals surface area contributed by atoms with E-state index in [0.717, 1.165) is 58.3 Å². The van der Waals surface area contributed by atoms with E-state index < -0.39 is 8.07 Å². The maximum atomic E-state index is 6.43. The van der Waals surface area contributed by atoms with Crippen molar-refractivity contribution in [3.05, 3.63) is 113 Å². The molecule has 4 nitrogen and oxygen atoms in total. The summed E-state index contributed by atoms with van der Waals surface area (Å²) in [7, 11) is 0.811. The van der Waals surface area contributed by atoms with Gasteiger partial charge in [0, 0.05) is 53.2 Å². The number of aryl methyl sites for hydroxylation is 2.